The average molecular weight is 230 g/mol. The second kappa shape index (κ2) is 5.25. The molecule has 1 aliphatic rings. The van der Waals surface area contributed by atoms with Crippen LogP contribution in [0.4, 0.5) is 5.82 Å². The summed E-state index contributed by atoms with van der Waals surface area (Å²) in [5.41, 5.74) is 0. The highest BCUT2D eigenvalue weighted by atomic mass is 35.5. The Morgan fingerprint density at radius 2 is 2.27 bits per heavy atom. The topological polar surface area (TPSA) is 56.3 Å². The summed E-state index contributed by atoms with van der Waals surface area (Å²) in [7, 11) is 0. The van der Waals surface area contributed by atoms with Crippen LogP contribution in [-0.2, 0) is 9.47 Å². The quantitative estimate of drug-likeness (QED) is 0.837. The molecule has 2 heterocycles. The van der Waals surface area contributed by atoms with Crippen LogP contribution in [0.2, 0.25) is 5.15 Å². The van der Waals surface area contributed by atoms with Crippen molar-refractivity contribution >= 4 is 17.4 Å². The van der Waals surface area contributed by atoms with Crippen LogP contribution in [0.5, 0.6) is 0 Å². The van der Waals surface area contributed by atoms with Gasteiger partial charge in [0.2, 0.25) is 0 Å². The summed E-state index contributed by atoms with van der Waals surface area (Å²) in [5.74, 6) is 0.577. The van der Waals surface area contributed by atoms with Crippen molar-refractivity contribution in [1.82, 2.24) is 9.97 Å². The van der Waals surface area contributed by atoms with Crippen molar-refractivity contribution in [1.29, 1.82) is 0 Å². The third kappa shape index (κ3) is 3.02. The van der Waals surface area contributed by atoms with Crippen molar-refractivity contribution in [3.63, 3.8) is 0 Å². The number of nitrogens with zero attached hydrogens (tertiary/aromatic N) is 2. The highest BCUT2D eigenvalue weighted by Crippen LogP contribution is 2.14. The molecule has 1 fully saturated rings. The molecule has 5 nitrogen and oxygen atoms in total. The van der Waals surface area contributed by atoms with E-state index in [1.165, 1.54) is 0 Å². The highest BCUT2D eigenvalue weighted by molar-refractivity contribution is 6.31. The predicted octanol–water partition coefficient (Wildman–Crippen LogP) is 0.957. The molecule has 1 aromatic heterocycles. The lowest BCUT2D eigenvalue weighted by molar-refractivity contribution is -0.0819. The SMILES string of the molecule is Clc1nccnc1NCC1COCCO1. The van der Waals surface area contributed by atoms with Crippen molar-refractivity contribution < 1.29 is 9.47 Å². The van der Waals surface area contributed by atoms with Gasteiger partial charge in [-0.15, -0.1) is 0 Å². The van der Waals surface area contributed by atoms with Gasteiger partial charge in [-0.25, -0.2) is 9.97 Å². The summed E-state index contributed by atoms with van der Waals surface area (Å²) in [4.78, 5) is 7.97. The number of hydrogen-bond acceptors (Lipinski definition) is 5. The third-order valence-corrected chi connectivity index (χ3v) is 2.31. The summed E-state index contributed by atoms with van der Waals surface area (Å²) >= 11 is 5.83. The number of aromatic nitrogens is 2. The van der Waals surface area contributed by atoms with Crippen LogP contribution in [0.1, 0.15) is 0 Å². The van der Waals surface area contributed by atoms with Crippen LogP contribution in [0.3, 0.4) is 0 Å². The van der Waals surface area contributed by atoms with Gasteiger partial charge in [-0.3, -0.25) is 0 Å². The molecule has 82 valence electrons. The van der Waals surface area contributed by atoms with E-state index in [4.69, 9.17) is 21.1 Å². The van der Waals surface area contributed by atoms with Gasteiger partial charge in [0.25, 0.3) is 0 Å². The minimum atomic E-state index is 0.0526. The van der Waals surface area contributed by atoms with Gasteiger partial charge < -0.3 is 14.8 Å². The maximum absolute atomic E-state index is 5.83. The molecule has 0 aliphatic carbocycles. The Kier molecular flexibility index (Phi) is 3.71. The summed E-state index contributed by atoms with van der Waals surface area (Å²) < 4.78 is 10.7. The van der Waals surface area contributed by atoms with E-state index in [0.717, 1.165) is 0 Å². The van der Waals surface area contributed by atoms with E-state index in [0.29, 0.717) is 37.3 Å². The Morgan fingerprint density at radius 3 is 3.00 bits per heavy atom. The zero-order chi connectivity index (χ0) is 10.5. The molecule has 1 N–H and O–H groups in total. The lowest BCUT2D eigenvalue weighted by atomic mass is 10.3. The minimum Gasteiger partial charge on any atom is -0.376 e. The molecule has 1 unspecified atom stereocenters. The molecule has 1 saturated heterocycles. The summed E-state index contributed by atoms with van der Waals surface area (Å²) in [6.45, 7) is 2.53. The van der Waals surface area contributed by atoms with Gasteiger partial charge in [-0.05, 0) is 0 Å². The van der Waals surface area contributed by atoms with Crippen LogP contribution in [0.15, 0.2) is 12.4 Å². The monoisotopic (exact) mass is 229 g/mol. The molecule has 1 aliphatic heterocycles. The number of ether oxygens (including phenoxy) is 2. The van der Waals surface area contributed by atoms with E-state index >= 15 is 0 Å². The number of rotatable bonds is 3. The van der Waals surface area contributed by atoms with Gasteiger partial charge in [-0.1, -0.05) is 11.6 Å². The van der Waals surface area contributed by atoms with Crippen molar-refractivity contribution in [3.05, 3.63) is 17.5 Å². The zero-order valence-corrected chi connectivity index (χ0v) is 8.91. The van der Waals surface area contributed by atoms with Gasteiger partial charge in [-0.2, -0.15) is 0 Å². The zero-order valence-electron chi connectivity index (χ0n) is 8.15. The maximum atomic E-state index is 5.83. The van der Waals surface area contributed by atoms with Gasteiger partial charge in [0.05, 0.1) is 25.9 Å². The van der Waals surface area contributed by atoms with Crippen molar-refractivity contribution in [2.45, 2.75) is 6.10 Å². The molecule has 0 saturated carbocycles. The van der Waals surface area contributed by atoms with E-state index in [1.807, 2.05) is 0 Å². The summed E-state index contributed by atoms with van der Waals surface area (Å²) in [5, 5.41) is 3.44. The van der Waals surface area contributed by atoms with Crippen molar-refractivity contribution in [2.75, 3.05) is 31.7 Å². The lowest BCUT2D eigenvalue weighted by Gasteiger charge is -2.23. The fraction of sp³-hybridized carbons (Fsp3) is 0.556. The first-order valence-electron chi connectivity index (χ1n) is 4.76. The largest absolute Gasteiger partial charge is 0.376 e. The fourth-order valence-electron chi connectivity index (χ4n) is 1.30. The smallest absolute Gasteiger partial charge is 0.171 e. The van der Waals surface area contributed by atoms with E-state index in [2.05, 4.69) is 15.3 Å². The molecule has 0 spiro atoms. The van der Waals surface area contributed by atoms with E-state index in [1.54, 1.807) is 12.4 Å². The third-order valence-electron chi connectivity index (χ3n) is 2.04. The van der Waals surface area contributed by atoms with E-state index in [-0.39, 0.29) is 6.10 Å². The molecule has 0 bridgehead atoms. The number of nitrogens with one attached hydrogen (secondary N) is 1. The molecule has 1 atom stereocenters. The maximum Gasteiger partial charge on any atom is 0.171 e. The molecular weight excluding hydrogens is 218 g/mol. The first kappa shape index (κ1) is 10.6. The van der Waals surface area contributed by atoms with Crippen LogP contribution in [0.25, 0.3) is 0 Å². The normalized spacial score (nSPS) is 21.3. The molecule has 0 amide bonds. The Labute approximate surface area is 92.8 Å². The Balaban J connectivity index is 1.84. The first-order chi connectivity index (χ1) is 7.36. The molecule has 0 aromatic carbocycles. The Morgan fingerprint density at radius 1 is 1.40 bits per heavy atom. The Bertz CT molecular complexity index is 318. The van der Waals surface area contributed by atoms with E-state index < -0.39 is 0 Å². The van der Waals surface area contributed by atoms with Gasteiger partial charge in [0.15, 0.2) is 11.0 Å². The molecular formula is C9H12ClN3O2. The summed E-state index contributed by atoms with van der Waals surface area (Å²) in [6.07, 6.45) is 3.19. The second-order valence-corrected chi connectivity index (χ2v) is 3.50. The Hall–Kier alpha value is -0.910. The number of hydrogen-bond donors (Lipinski definition) is 1. The van der Waals surface area contributed by atoms with Gasteiger partial charge in [0, 0.05) is 18.9 Å². The molecule has 15 heavy (non-hydrogen) atoms. The standard InChI is InChI=1S/C9H12ClN3O2/c10-8-9(12-2-1-11-8)13-5-7-6-14-3-4-15-7/h1-2,7H,3-6H2,(H,12,13). The fourth-order valence-corrected chi connectivity index (χ4v) is 1.48. The number of anilines is 1. The van der Waals surface area contributed by atoms with Gasteiger partial charge >= 0.3 is 0 Å². The van der Waals surface area contributed by atoms with Crippen molar-refractivity contribution in [2.24, 2.45) is 0 Å². The van der Waals surface area contributed by atoms with Crippen LogP contribution >= 0.6 is 11.6 Å². The molecule has 2 rings (SSSR count). The van der Waals surface area contributed by atoms with Crippen molar-refractivity contribution in [3.8, 4) is 0 Å². The number of halogens is 1. The average Bonchev–Trinajstić information content (AvgIpc) is 2.29. The first-order valence-corrected chi connectivity index (χ1v) is 5.14. The minimum absolute atomic E-state index is 0.0526. The predicted molar refractivity (Wildman–Crippen MR) is 56.1 cm³/mol. The summed E-state index contributed by atoms with van der Waals surface area (Å²) in [6, 6.07) is 0. The van der Waals surface area contributed by atoms with Crippen LogP contribution < -0.4 is 5.32 Å². The molecule has 6 heteroatoms. The van der Waals surface area contributed by atoms with Crippen LogP contribution in [0, 0.1) is 0 Å². The van der Waals surface area contributed by atoms with Crippen LogP contribution in [-0.4, -0.2) is 42.4 Å². The molecule has 0 radical (unpaired) electrons. The van der Waals surface area contributed by atoms with Gasteiger partial charge in [0.1, 0.15) is 0 Å². The molecule has 1 aromatic rings. The van der Waals surface area contributed by atoms with E-state index in [9.17, 15) is 0 Å². The highest BCUT2D eigenvalue weighted by Gasteiger charge is 2.14. The second-order valence-electron chi connectivity index (χ2n) is 3.14. The lowest BCUT2D eigenvalue weighted by Crippen LogP contribution is -2.34.